The lowest BCUT2D eigenvalue weighted by molar-refractivity contribution is 0.440. The third-order valence-corrected chi connectivity index (χ3v) is 4.04. The maximum atomic E-state index is 2.70. The van der Waals surface area contributed by atoms with Crippen molar-refractivity contribution in [3.8, 4) is 0 Å². The van der Waals surface area contributed by atoms with Gasteiger partial charge in [0.05, 0.1) is 0 Å². The second kappa shape index (κ2) is 8.29. The van der Waals surface area contributed by atoms with Crippen LogP contribution in [0.4, 0.5) is 0 Å². The van der Waals surface area contributed by atoms with E-state index in [0.29, 0.717) is 14.0 Å². The molecule has 0 amide bonds. The van der Waals surface area contributed by atoms with Crippen molar-refractivity contribution in [2.45, 2.75) is 60.1 Å². The Bertz CT molecular complexity index is 231. The molecular weight excluding hydrogens is 219 g/mol. The fraction of sp³-hybridized carbons (Fsp3) is 1.00. The first-order chi connectivity index (χ1) is 8.69. The molecule has 1 rings (SSSR count). The lowest BCUT2D eigenvalue weighted by Crippen LogP contribution is -2.72. The molecule has 1 heterocycles. The molecule has 0 aromatic carbocycles. The minimum Gasteiger partial charge on any atom is -0.360 e. The van der Waals surface area contributed by atoms with Crippen molar-refractivity contribution in [2.75, 3.05) is 19.6 Å². The van der Waals surface area contributed by atoms with Crippen molar-refractivity contribution in [3.63, 3.8) is 0 Å². The Morgan fingerprint density at radius 3 is 1.89 bits per heavy atom. The third-order valence-electron chi connectivity index (χ3n) is 4.04. The zero-order valence-corrected chi connectivity index (χ0v) is 13.2. The first kappa shape index (κ1) is 16.1. The van der Waals surface area contributed by atoms with E-state index in [0.717, 1.165) is 7.55 Å². The van der Waals surface area contributed by atoms with E-state index in [1.807, 2.05) is 0 Å². The Kier molecular flexibility index (Phi) is 7.43. The van der Waals surface area contributed by atoms with Gasteiger partial charge in [0.25, 0.3) is 21.5 Å². The van der Waals surface area contributed by atoms with E-state index in [4.69, 9.17) is 0 Å². The Morgan fingerprint density at radius 2 is 1.39 bits per heavy atom. The molecule has 0 radical (unpaired) electrons. The fourth-order valence-corrected chi connectivity index (χ4v) is 3.25. The summed E-state index contributed by atoms with van der Waals surface area (Å²) in [5.74, 6) is 0. The molecule has 102 valence electrons. The maximum Gasteiger partial charge on any atom is 0.289 e. The molecule has 0 aliphatic carbocycles. The normalized spacial score (nSPS) is 19.4. The van der Waals surface area contributed by atoms with Gasteiger partial charge in [-0.25, -0.2) is 0 Å². The van der Waals surface area contributed by atoms with Gasteiger partial charge >= 0.3 is 0 Å². The van der Waals surface area contributed by atoms with Gasteiger partial charge in [0.15, 0.2) is 0 Å². The van der Waals surface area contributed by atoms with Crippen LogP contribution in [0.3, 0.4) is 0 Å². The number of hydrogen-bond donors (Lipinski definition) is 0. The lowest BCUT2D eigenvalue weighted by atomic mass is 9.49. The van der Waals surface area contributed by atoms with Crippen molar-refractivity contribution in [2.24, 2.45) is 0 Å². The van der Waals surface area contributed by atoms with Crippen molar-refractivity contribution in [1.82, 2.24) is 14.2 Å². The highest BCUT2D eigenvalue weighted by Crippen LogP contribution is 2.18. The minimum absolute atomic E-state index is 0.600. The second-order valence-corrected chi connectivity index (χ2v) is 5.52. The van der Waals surface area contributed by atoms with E-state index in [2.05, 4.69) is 48.7 Å². The van der Waals surface area contributed by atoms with E-state index >= 15 is 0 Å². The summed E-state index contributed by atoms with van der Waals surface area (Å²) in [6, 6.07) is 0. The molecule has 1 saturated heterocycles. The predicted octanol–water partition coefficient (Wildman–Crippen LogP) is 2.03. The Labute approximate surface area is 116 Å². The molecule has 18 heavy (non-hydrogen) atoms. The van der Waals surface area contributed by atoms with Crippen LogP contribution in [-0.4, -0.2) is 55.3 Å². The highest BCUT2D eigenvalue weighted by molar-refractivity contribution is 6.80. The van der Waals surface area contributed by atoms with Gasteiger partial charge in [0, 0.05) is 0 Å². The minimum atomic E-state index is 0.600. The summed E-state index contributed by atoms with van der Waals surface area (Å²) in [5.41, 5.74) is 0. The van der Waals surface area contributed by atoms with Gasteiger partial charge in [0.1, 0.15) is 0 Å². The van der Waals surface area contributed by atoms with E-state index in [1.54, 1.807) is 0 Å². The van der Waals surface area contributed by atoms with Gasteiger partial charge in [-0.3, -0.25) is 0 Å². The Balaban J connectivity index is 2.79. The zero-order valence-electron chi connectivity index (χ0n) is 13.2. The maximum absolute atomic E-state index is 2.70. The molecular formula is C12H30B3N3. The Morgan fingerprint density at radius 1 is 0.833 bits per heavy atom. The molecule has 1 fully saturated rings. The first-order valence-electron chi connectivity index (χ1n) is 7.93. The molecule has 0 unspecified atom stereocenters. The van der Waals surface area contributed by atoms with Gasteiger partial charge in [-0.05, 0) is 45.2 Å². The van der Waals surface area contributed by atoms with E-state index in [-0.39, 0.29) is 0 Å². The standard InChI is InChI=1S/C12H30B3N3/c1-6-10-16-13-17(11-7-2)15(9-4)18(12-8-3)14(16)5/h13H,6-12H2,1-5H3. The van der Waals surface area contributed by atoms with Crippen molar-refractivity contribution < 1.29 is 0 Å². The van der Waals surface area contributed by atoms with Crippen LogP contribution < -0.4 is 0 Å². The Hall–Kier alpha value is 0.0748. The largest absolute Gasteiger partial charge is 0.360 e. The van der Waals surface area contributed by atoms with Crippen LogP contribution in [-0.2, 0) is 0 Å². The molecule has 0 aromatic heterocycles. The summed E-state index contributed by atoms with van der Waals surface area (Å²) in [7, 11) is 1.15. The van der Waals surface area contributed by atoms with Crippen LogP contribution in [0.1, 0.15) is 47.0 Å². The average molecular weight is 249 g/mol. The average Bonchev–Trinajstić information content (AvgIpc) is 2.36. The smallest absolute Gasteiger partial charge is 0.289 e. The van der Waals surface area contributed by atoms with Gasteiger partial charge in [-0.1, -0.05) is 34.5 Å². The summed E-state index contributed by atoms with van der Waals surface area (Å²) in [6.45, 7) is 16.5. The van der Waals surface area contributed by atoms with Crippen molar-refractivity contribution in [1.29, 1.82) is 0 Å². The highest BCUT2D eigenvalue weighted by atomic mass is 15.3. The molecule has 3 nitrogen and oxygen atoms in total. The highest BCUT2D eigenvalue weighted by Gasteiger charge is 2.41. The molecule has 0 saturated carbocycles. The molecule has 6 heteroatoms. The third kappa shape index (κ3) is 3.78. The second-order valence-electron chi connectivity index (χ2n) is 5.52. The number of nitrogens with zero attached hydrogens (tertiary/aromatic N) is 3. The van der Waals surface area contributed by atoms with E-state index in [1.165, 1.54) is 45.2 Å². The molecule has 1 aliphatic heterocycles. The predicted molar refractivity (Wildman–Crippen MR) is 86.0 cm³/mol. The van der Waals surface area contributed by atoms with Crippen LogP contribution in [0.25, 0.3) is 0 Å². The van der Waals surface area contributed by atoms with Gasteiger partial charge in [0.2, 0.25) is 0 Å². The van der Waals surface area contributed by atoms with Crippen LogP contribution in [0.2, 0.25) is 13.1 Å². The molecule has 0 bridgehead atoms. The summed E-state index contributed by atoms with van der Waals surface area (Å²) in [4.78, 5) is 0. The van der Waals surface area contributed by atoms with Crippen molar-refractivity contribution in [3.05, 3.63) is 0 Å². The van der Waals surface area contributed by atoms with Crippen LogP contribution in [0.15, 0.2) is 0 Å². The number of hydrogen-bond acceptors (Lipinski definition) is 3. The molecule has 0 N–H and O–H groups in total. The summed E-state index contributed by atoms with van der Waals surface area (Å²) in [5, 5.41) is 0. The van der Waals surface area contributed by atoms with Gasteiger partial charge < -0.3 is 14.2 Å². The van der Waals surface area contributed by atoms with Crippen LogP contribution >= 0.6 is 0 Å². The first-order valence-corrected chi connectivity index (χ1v) is 7.93. The molecule has 0 atom stereocenters. The molecule has 0 aromatic rings. The van der Waals surface area contributed by atoms with Gasteiger partial charge in [-0.15, -0.1) is 0 Å². The SMILES string of the molecule is CCCN1BN(CCC)B(CC)N(CCC)B1C. The quantitative estimate of drug-likeness (QED) is 0.639. The molecule has 0 spiro atoms. The summed E-state index contributed by atoms with van der Waals surface area (Å²) in [6.07, 6.45) is 5.00. The van der Waals surface area contributed by atoms with E-state index < -0.39 is 0 Å². The van der Waals surface area contributed by atoms with Crippen LogP contribution in [0, 0.1) is 0 Å². The monoisotopic (exact) mass is 249 g/mol. The van der Waals surface area contributed by atoms with E-state index in [9.17, 15) is 0 Å². The van der Waals surface area contributed by atoms with Crippen LogP contribution in [0.5, 0.6) is 0 Å². The summed E-state index contributed by atoms with van der Waals surface area (Å²) >= 11 is 0. The summed E-state index contributed by atoms with van der Waals surface area (Å²) < 4.78 is 8.01. The lowest BCUT2D eigenvalue weighted by Gasteiger charge is -2.49. The molecule has 1 aliphatic rings. The zero-order chi connectivity index (χ0) is 13.5. The topological polar surface area (TPSA) is 9.72 Å². The van der Waals surface area contributed by atoms with Crippen molar-refractivity contribution >= 4 is 21.5 Å². The fourth-order valence-electron chi connectivity index (χ4n) is 3.25. The van der Waals surface area contributed by atoms with Gasteiger partial charge in [-0.2, -0.15) is 0 Å². The number of rotatable bonds is 7.